The summed E-state index contributed by atoms with van der Waals surface area (Å²) in [5, 5.41) is 15.2. The van der Waals surface area contributed by atoms with Gasteiger partial charge in [-0.15, -0.1) is 11.6 Å². The number of nitrogens with one attached hydrogen (secondary N) is 1. The fourth-order valence-corrected chi connectivity index (χ4v) is 2.10. The fourth-order valence-electron chi connectivity index (χ4n) is 1.91. The summed E-state index contributed by atoms with van der Waals surface area (Å²) in [6, 6.07) is 14.1. The minimum atomic E-state index is -0.508. The topological polar surface area (TPSA) is 55.7 Å². The van der Waals surface area contributed by atoms with Crippen molar-refractivity contribution in [2.75, 3.05) is 6.54 Å². The Bertz CT molecular complexity index is 518. The van der Waals surface area contributed by atoms with Crippen LogP contribution in [0.4, 0.5) is 0 Å². The minimum Gasteiger partial charge on any atom is -0.291 e. The first-order chi connectivity index (χ1) is 9.28. The lowest BCUT2D eigenvalue weighted by molar-refractivity contribution is 0.261. The number of hydrogen-bond donors (Lipinski definition) is 1. The number of nitrogens with zero attached hydrogens (tertiary/aromatic N) is 3. The number of rotatable bonds is 6. The van der Waals surface area contributed by atoms with E-state index in [-0.39, 0.29) is 0 Å². The second kappa shape index (κ2) is 6.93. The smallest absolute Gasteiger partial charge is 0.133 e. The van der Waals surface area contributed by atoms with Crippen molar-refractivity contribution in [2.24, 2.45) is 0 Å². The summed E-state index contributed by atoms with van der Waals surface area (Å²) in [4.78, 5) is 2.13. The van der Waals surface area contributed by atoms with Crippen molar-refractivity contribution in [2.45, 2.75) is 18.5 Å². The predicted octanol–water partition coefficient (Wildman–Crippen LogP) is 2.54. The summed E-state index contributed by atoms with van der Waals surface area (Å²) in [5.41, 5.74) is 2.21. The maximum absolute atomic E-state index is 8.85. The van der Waals surface area contributed by atoms with Gasteiger partial charge in [0.2, 0.25) is 0 Å². The number of nitriles is 1. The Balaban J connectivity index is 2.03. The Kier molecular flexibility index (Phi) is 4.96. The molecule has 1 heterocycles. The van der Waals surface area contributed by atoms with Gasteiger partial charge in [-0.2, -0.15) is 10.4 Å². The van der Waals surface area contributed by atoms with Crippen LogP contribution in [0.1, 0.15) is 11.3 Å². The van der Waals surface area contributed by atoms with Gasteiger partial charge in [0, 0.05) is 31.5 Å². The fraction of sp³-hybridized carbons (Fsp3) is 0.286. The molecule has 0 bridgehead atoms. The molecule has 1 N–H and O–H groups in total. The lowest BCUT2D eigenvalue weighted by Gasteiger charge is -2.22. The standard InChI is InChI=1S/C14H15ClN4/c15-13(8-16)10-19(11-14-6-7-17-18-14)9-12-4-2-1-3-5-12/h1-7,13H,9-11H2,(H,17,18). The average molecular weight is 275 g/mol. The van der Waals surface area contributed by atoms with E-state index in [9.17, 15) is 0 Å². The Morgan fingerprint density at radius 3 is 2.68 bits per heavy atom. The van der Waals surface area contributed by atoms with Crippen LogP contribution in [-0.4, -0.2) is 27.0 Å². The molecule has 1 aromatic heterocycles. The van der Waals surface area contributed by atoms with Crippen molar-refractivity contribution in [3.05, 3.63) is 53.9 Å². The Hall–Kier alpha value is -1.83. The van der Waals surface area contributed by atoms with E-state index in [2.05, 4.69) is 33.3 Å². The third kappa shape index (κ3) is 4.40. The van der Waals surface area contributed by atoms with Crippen LogP contribution in [0.25, 0.3) is 0 Å². The largest absolute Gasteiger partial charge is 0.291 e. The predicted molar refractivity (Wildman–Crippen MR) is 74.4 cm³/mol. The minimum absolute atomic E-state index is 0.508. The zero-order valence-electron chi connectivity index (χ0n) is 10.5. The van der Waals surface area contributed by atoms with Gasteiger partial charge in [-0.25, -0.2) is 0 Å². The van der Waals surface area contributed by atoms with E-state index in [4.69, 9.17) is 16.9 Å². The summed E-state index contributed by atoms with van der Waals surface area (Å²) in [5.74, 6) is 0. The van der Waals surface area contributed by atoms with Gasteiger partial charge in [0.25, 0.3) is 0 Å². The van der Waals surface area contributed by atoms with E-state index in [1.165, 1.54) is 5.56 Å². The molecule has 0 saturated carbocycles. The zero-order valence-corrected chi connectivity index (χ0v) is 11.2. The second-order valence-corrected chi connectivity index (χ2v) is 4.86. The molecular formula is C14H15ClN4. The van der Waals surface area contributed by atoms with E-state index in [0.29, 0.717) is 13.1 Å². The number of hydrogen-bond acceptors (Lipinski definition) is 3. The van der Waals surface area contributed by atoms with Crippen molar-refractivity contribution < 1.29 is 0 Å². The van der Waals surface area contributed by atoms with Crippen LogP contribution in [-0.2, 0) is 13.1 Å². The molecule has 0 radical (unpaired) electrons. The monoisotopic (exact) mass is 274 g/mol. The molecular weight excluding hydrogens is 260 g/mol. The Morgan fingerprint density at radius 1 is 1.26 bits per heavy atom. The first-order valence-corrected chi connectivity index (χ1v) is 6.50. The molecule has 0 aliphatic heterocycles. The summed E-state index contributed by atoms with van der Waals surface area (Å²) in [7, 11) is 0. The molecule has 0 aliphatic carbocycles. The van der Waals surface area contributed by atoms with Crippen LogP contribution in [0.5, 0.6) is 0 Å². The average Bonchev–Trinajstić information content (AvgIpc) is 2.92. The molecule has 1 atom stereocenters. The van der Waals surface area contributed by atoms with Crippen LogP contribution in [0, 0.1) is 11.3 Å². The molecule has 0 amide bonds. The molecule has 1 aromatic carbocycles. The summed E-state index contributed by atoms with van der Waals surface area (Å²) in [6.07, 6.45) is 1.72. The van der Waals surface area contributed by atoms with Gasteiger partial charge in [-0.1, -0.05) is 30.3 Å². The molecule has 1 unspecified atom stereocenters. The van der Waals surface area contributed by atoms with Crippen molar-refractivity contribution in [3.63, 3.8) is 0 Å². The molecule has 0 saturated heterocycles. The molecule has 98 valence electrons. The summed E-state index contributed by atoms with van der Waals surface area (Å²) < 4.78 is 0. The van der Waals surface area contributed by atoms with Gasteiger partial charge < -0.3 is 0 Å². The van der Waals surface area contributed by atoms with Crippen LogP contribution in [0.3, 0.4) is 0 Å². The second-order valence-electron chi connectivity index (χ2n) is 4.33. The van der Waals surface area contributed by atoms with E-state index >= 15 is 0 Å². The maximum Gasteiger partial charge on any atom is 0.133 e. The van der Waals surface area contributed by atoms with Gasteiger partial charge in [-0.3, -0.25) is 10.00 Å². The first-order valence-electron chi connectivity index (χ1n) is 6.06. The number of alkyl halides is 1. The zero-order chi connectivity index (χ0) is 13.5. The lowest BCUT2D eigenvalue weighted by atomic mass is 10.2. The van der Waals surface area contributed by atoms with Gasteiger partial charge in [0.1, 0.15) is 5.38 Å². The first kappa shape index (κ1) is 13.6. The van der Waals surface area contributed by atoms with Crippen LogP contribution < -0.4 is 0 Å². The molecule has 0 spiro atoms. The summed E-state index contributed by atoms with van der Waals surface area (Å²) in [6.45, 7) is 1.97. The third-order valence-corrected chi connectivity index (χ3v) is 3.00. The molecule has 19 heavy (non-hydrogen) atoms. The highest BCUT2D eigenvalue weighted by molar-refractivity contribution is 6.22. The molecule has 2 rings (SSSR count). The highest BCUT2D eigenvalue weighted by Crippen LogP contribution is 2.10. The maximum atomic E-state index is 8.85. The quantitative estimate of drug-likeness (QED) is 0.824. The molecule has 4 nitrogen and oxygen atoms in total. The summed E-state index contributed by atoms with van der Waals surface area (Å²) >= 11 is 5.94. The molecule has 5 heteroatoms. The van der Waals surface area contributed by atoms with Crippen molar-refractivity contribution in [3.8, 4) is 6.07 Å². The van der Waals surface area contributed by atoms with Gasteiger partial charge >= 0.3 is 0 Å². The highest BCUT2D eigenvalue weighted by atomic mass is 35.5. The van der Waals surface area contributed by atoms with Gasteiger partial charge in [0.15, 0.2) is 0 Å². The van der Waals surface area contributed by atoms with E-state index < -0.39 is 5.38 Å². The SMILES string of the molecule is N#CC(Cl)CN(Cc1ccccc1)Cc1ccn[nH]1. The molecule has 0 fully saturated rings. The van der Waals surface area contributed by atoms with Crippen molar-refractivity contribution >= 4 is 11.6 Å². The number of aromatic amines is 1. The van der Waals surface area contributed by atoms with E-state index in [1.807, 2.05) is 24.3 Å². The van der Waals surface area contributed by atoms with E-state index in [0.717, 1.165) is 12.2 Å². The van der Waals surface area contributed by atoms with Crippen molar-refractivity contribution in [1.82, 2.24) is 15.1 Å². The lowest BCUT2D eigenvalue weighted by Crippen LogP contribution is -2.29. The van der Waals surface area contributed by atoms with Crippen molar-refractivity contribution in [1.29, 1.82) is 5.26 Å². The van der Waals surface area contributed by atoms with Crippen LogP contribution in [0.2, 0.25) is 0 Å². The van der Waals surface area contributed by atoms with Crippen LogP contribution >= 0.6 is 11.6 Å². The number of benzene rings is 1. The van der Waals surface area contributed by atoms with Gasteiger partial charge in [-0.05, 0) is 11.6 Å². The van der Waals surface area contributed by atoms with E-state index in [1.54, 1.807) is 6.20 Å². The highest BCUT2D eigenvalue weighted by Gasteiger charge is 2.13. The Labute approximate surface area is 117 Å². The third-order valence-electron chi connectivity index (χ3n) is 2.76. The normalized spacial score (nSPS) is 12.3. The Morgan fingerprint density at radius 2 is 2.05 bits per heavy atom. The molecule has 0 aliphatic rings. The van der Waals surface area contributed by atoms with Gasteiger partial charge in [0.05, 0.1) is 6.07 Å². The number of aromatic nitrogens is 2. The number of halogens is 1. The molecule has 2 aromatic rings. The van der Waals surface area contributed by atoms with Crippen LogP contribution in [0.15, 0.2) is 42.6 Å². The number of H-pyrrole nitrogens is 1.